The van der Waals surface area contributed by atoms with Crippen molar-refractivity contribution in [2.45, 2.75) is 25.7 Å². The molecule has 25 heavy (non-hydrogen) atoms. The highest BCUT2D eigenvalue weighted by Crippen LogP contribution is 2.31. The van der Waals surface area contributed by atoms with Crippen LogP contribution in [-0.4, -0.2) is 43.2 Å². The van der Waals surface area contributed by atoms with Crippen molar-refractivity contribution >= 4 is 23.5 Å². The Hall–Kier alpha value is -2.41. The number of carbonyl (C=O) groups is 3. The minimum absolute atomic E-state index is 0.255. The number of hydrogen-bond donors (Lipinski definition) is 3. The zero-order valence-electron chi connectivity index (χ0n) is 14.3. The molecule has 0 bridgehead atoms. The molecule has 1 aliphatic rings. The van der Waals surface area contributed by atoms with Crippen molar-refractivity contribution in [1.29, 1.82) is 0 Å². The molecule has 0 spiro atoms. The predicted molar refractivity (Wildman–Crippen MR) is 92.4 cm³/mol. The summed E-state index contributed by atoms with van der Waals surface area (Å²) >= 11 is 0. The van der Waals surface area contributed by atoms with Crippen LogP contribution in [0.5, 0.6) is 0 Å². The fourth-order valence-corrected chi connectivity index (χ4v) is 3.08. The average molecular weight is 348 g/mol. The van der Waals surface area contributed by atoms with Crippen LogP contribution >= 0.6 is 0 Å². The number of carbonyl (C=O) groups excluding carboxylic acids is 2. The standard InChI is InChI=1S/C18H24N2O5/c1-25-10-9-19-16(21)12-5-4-6-13(11-12)20-17(22)14-7-2-3-8-15(14)18(23)24/h4-6,11,14-15H,2-3,7-10H2,1H3,(H,19,21)(H,20,22)(H,23,24)/t14-,15-/m0/s1. The highest BCUT2D eigenvalue weighted by Gasteiger charge is 2.35. The second-order valence-corrected chi connectivity index (χ2v) is 6.15. The number of carboxylic acid groups (broad SMARTS) is 1. The molecule has 136 valence electrons. The highest BCUT2D eigenvalue weighted by atomic mass is 16.5. The first-order valence-corrected chi connectivity index (χ1v) is 8.44. The van der Waals surface area contributed by atoms with Gasteiger partial charge in [-0.05, 0) is 31.0 Å². The minimum atomic E-state index is -0.925. The maximum atomic E-state index is 12.5. The van der Waals surface area contributed by atoms with Gasteiger partial charge in [0.15, 0.2) is 0 Å². The van der Waals surface area contributed by atoms with Gasteiger partial charge in [0.05, 0.1) is 18.4 Å². The van der Waals surface area contributed by atoms with E-state index in [2.05, 4.69) is 10.6 Å². The number of rotatable bonds is 7. The van der Waals surface area contributed by atoms with Gasteiger partial charge >= 0.3 is 5.97 Å². The average Bonchev–Trinajstić information content (AvgIpc) is 2.62. The van der Waals surface area contributed by atoms with Gasteiger partial charge in [-0.15, -0.1) is 0 Å². The van der Waals surface area contributed by atoms with Crippen LogP contribution in [0.4, 0.5) is 5.69 Å². The number of methoxy groups -OCH3 is 1. The molecule has 2 rings (SSSR count). The third-order valence-corrected chi connectivity index (χ3v) is 4.40. The molecule has 2 amide bonds. The Morgan fingerprint density at radius 1 is 1.20 bits per heavy atom. The number of carboxylic acids is 1. The molecule has 2 atom stereocenters. The van der Waals surface area contributed by atoms with Gasteiger partial charge in [0, 0.05) is 24.9 Å². The van der Waals surface area contributed by atoms with Crippen LogP contribution in [0.3, 0.4) is 0 Å². The van der Waals surface area contributed by atoms with E-state index in [1.807, 2.05) is 0 Å². The zero-order valence-corrected chi connectivity index (χ0v) is 14.3. The van der Waals surface area contributed by atoms with E-state index in [4.69, 9.17) is 4.74 Å². The lowest BCUT2D eigenvalue weighted by atomic mass is 9.78. The van der Waals surface area contributed by atoms with Crippen LogP contribution in [0, 0.1) is 11.8 Å². The summed E-state index contributed by atoms with van der Waals surface area (Å²) in [6.07, 6.45) is 2.77. The lowest BCUT2D eigenvalue weighted by molar-refractivity contribution is -0.147. The van der Waals surface area contributed by atoms with E-state index in [-0.39, 0.29) is 11.8 Å². The predicted octanol–water partition coefficient (Wildman–Crippen LogP) is 1.89. The van der Waals surface area contributed by atoms with Crippen LogP contribution < -0.4 is 10.6 Å². The molecule has 7 heteroatoms. The van der Waals surface area contributed by atoms with Crippen molar-refractivity contribution in [2.24, 2.45) is 11.8 Å². The van der Waals surface area contributed by atoms with Crippen molar-refractivity contribution in [2.75, 3.05) is 25.6 Å². The van der Waals surface area contributed by atoms with Crippen molar-refractivity contribution in [3.63, 3.8) is 0 Å². The summed E-state index contributed by atoms with van der Waals surface area (Å²) in [6.45, 7) is 0.814. The van der Waals surface area contributed by atoms with Crippen molar-refractivity contribution in [3.8, 4) is 0 Å². The molecule has 1 aromatic rings. The van der Waals surface area contributed by atoms with Gasteiger partial charge in [-0.1, -0.05) is 18.9 Å². The summed E-state index contributed by atoms with van der Waals surface area (Å²) in [7, 11) is 1.55. The first-order chi connectivity index (χ1) is 12.0. The lowest BCUT2D eigenvalue weighted by Crippen LogP contribution is -2.36. The van der Waals surface area contributed by atoms with Crippen LogP contribution in [0.15, 0.2) is 24.3 Å². The minimum Gasteiger partial charge on any atom is -0.481 e. The van der Waals surface area contributed by atoms with E-state index in [9.17, 15) is 19.5 Å². The van der Waals surface area contributed by atoms with Crippen LogP contribution in [0.25, 0.3) is 0 Å². The molecule has 1 aromatic carbocycles. The van der Waals surface area contributed by atoms with Gasteiger partial charge in [0.1, 0.15) is 0 Å². The van der Waals surface area contributed by atoms with Crippen molar-refractivity contribution < 1.29 is 24.2 Å². The number of ether oxygens (including phenoxy) is 1. The molecule has 3 N–H and O–H groups in total. The number of amides is 2. The summed E-state index contributed by atoms with van der Waals surface area (Å²) in [5.74, 6) is -2.66. The molecule has 1 fully saturated rings. The SMILES string of the molecule is COCCNC(=O)c1cccc(NC(=O)[C@H]2CCCC[C@@H]2C(=O)O)c1. The van der Waals surface area contributed by atoms with Gasteiger partial charge in [-0.3, -0.25) is 14.4 Å². The molecule has 0 saturated heterocycles. The molecule has 1 aliphatic carbocycles. The van der Waals surface area contributed by atoms with Crippen LogP contribution in [0.1, 0.15) is 36.0 Å². The Balaban J connectivity index is 2.02. The molecule has 0 unspecified atom stereocenters. The van der Waals surface area contributed by atoms with E-state index in [1.54, 1.807) is 31.4 Å². The van der Waals surface area contributed by atoms with Gasteiger partial charge in [-0.2, -0.15) is 0 Å². The molecule has 0 heterocycles. The maximum Gasteiger partial charge on any atom is 0.307 e. The smallest absolute Gasteiger partial charge is 0.307 e. The second-order valence-electron chi connectivity index (χ2n) is 6.15. The van der Waals surface area contributed by atoms with Gasteiger partial charge in [0.2, 0.25) is 5.91 Å². The summed E-state index contributed by atoms with van der Waals surface area (Å²) in [6, 6.07) is 6.59. The summed E-state index contributed by atoms with van der Waals surface area (Å²) in [4.78, 5) is 35.9. The van der Waals surface area contributed by atoms with Crippen LogP contribution in [-0.2, 0) is 14.3 Å². The zero-order chi connectivity index (χ0) is 18.2. The molecule has 0 aromatic heterocycles. The summed E-state index contributed by atoms with van der Waals surface area (Å²) in [5, 5.41) is 14.8. The van der Waals surface area contributed by atoms with E-state index < -0.39 is 17.8 Å². The molecular weight excluding hydrogens is 324 g/mol. The van der Waals surface area contributed by atoms with Crippen molar-refractivity contribution in [1.82, 2.24) is 5.32 Å². The Labute approximate surface area is 146 Å². The lowest BCUT2D eigenvalue weighted by Gasteiger charge is -2.27. The fraction of sp³-hybridized carbons (Fsp3) is 0.500. The third-order valence-electron chi connectivity index (χ3n) is 4.40. The van der Waals surface area contributed by atoms with E-state index in [0.29, 0.717) is 37.2 Å². The largest absolute Gasteiger partial charge is 0.481 e. The molecule has 1 saturated carbocycles. The maximum absolute atomic E-state index is 12.5. The monoisotopic (exact) mass is 348 g/mol. The number of anilines is 1. The summed E-state index contributed by atoms with van der Waals surface area (Å²) < 4.78 is 4.88. The van der Waals surface area contributed by atoms with E-state index in [1.165, 1.54) is 0 Å². The molecule has 0 radical (unpaired) electrons. The molecular formula is C18H24N2O5. The Kier molecular flexibility index (Phi) is 6.94. The van der Waals surface area contributed by atoms with Gasteiger partial charge < -0.3 is 20.5 Å². The normalized spacial score (nSPS) is 19.9. The number of aliphatic carboxylic acids is 1. The van der Waals surface area contributed by atoms with Crippen LogP contribution in [0.2, 0.25) is 0 Å². The first kappa shape index (κ1) is 18.9. The fourth-order valence-electron chi connectivity index (χ4n) is 3.08. The van der Waals surface area contributed by atoms with E-state index >= 15 is 0 Å². The quantitative estimate of drug-likeness (QED) is 0.653. The third kappa shape index (κ3) is 5.29. The Morgan fingerprint density at radius 3 is 2.60 bits per heavy atom. The number of hydrogen-bond acceptors (Lipinski definition) is 4. The summed E-state index contributed by atoms with van der Waals surface area (Å²) in [5.41, 5.74) is 0.909. The highest BCUT2D eigenvalue weighted by molar-refractivity contribution is 5.98. The van der Waals surface area contributed by atoms with Gasteiger partial charge in [0.25, 0.3) is 5.91 Å². The Morgan fingerprint density at radius 2 is 1.92 bits per heavy atom. The van der Waals surface area contributed by atoms with Gasteiger partial charge in [-0.25, -0.2) is 0 Å². The van der Waals surface area contributed by atoms with Crippen molar-refractivity contribution in [3.05, 3.63) is 29.8 Å². The molecule has 7 nitrogen and oxygen atoms in total. The first-order valence-electron chi connectivity index (χ1n) is 8.44. The molecule has 0 aliphatic heterocycles. The van der Waals surface area contributed by atoms with E-state index in [0.717, 1.165) is 12.8 Å². The number of benzene rings is 1. The number of nitrogens with one attached hydrogen (secondary N) is 2. The second kappa shape index (κ2) is 9.17. The Bertz CT molecular complexity index is 632. The topological polar surface area (TPSA) is 105 Å².